The minimum absolute atomic E-state index is 0.0281. The van der Waals surface area contributed by atoms with Crippen LogP contribution in [0.5, 0.6) is 5.75 Å². The van der Waals surface area contributed by atoms with Crippen LogP contribution >= 0.6 is 0 Å². The summed E-state index contributed by atoms with van der Waals surface area (Å²) in [7, 11) is 5.59. The van der Waals surface area contributed by atoms with E-state index in [0.717, 1.165) is 43.7 Å². The van der Waals surface area contributed by atoms with Gasteiger partial charge in [0.1, 0.15) is 5.75 Å². The summed E-state index contributed by atoms with van der Waals surface area (Å²) in [5.41, 5.74) is 6.75. The number of nitro groups is 1. The smallest absolute Gasteiger partial charge is 0.353 e. The molecular formula is C20H29N7O3. The Hall–Kier alpha value is -3.14. The molecule has 10 heteroatoms. The van der Waals surface area contributed by atoms with Crippen LogP contribution in [0.3, 0.4) is 0 Å². The van der Waals surface area contributed by atoms with Gasteiger partial charge in [-0.25, -0.2) is 0 Å². The molecule has 2 aromatic rings. The Morgan fingerprint density at radius 3 is 2.60 bits per heavy atom. The number of nitrogens with two attached hydrogens (primary N) is 1. The molecule has 0 unspecified atom stereocenters. The van der Waals surface area contributed by atoms with Crippen LogP contribution in [-0.2, 0) is 0 Å². The lowest BCUT2D eigenvalue weighted by molar-refractivity contribution is -0.383. The van der Waals surface area contributed by atoms with Gasteiger partial charge in [-0.1, -0.05) is 18.2 Å². The Balaban J connectivity index is 1.88. The van der Waals surface area contributed by atoms with Gasteiger partial charge in [-0.15, -0.1) is 0 Å². The number of hydrogen-bond acceptors (Lipinski definition) is 9. The van der Waals surface area contributed by atoms with E-state index in [1.54, 1.807) is 7.11 Å². The Bertz CT molecular complexity index is 885. The monoisotopic (exact) mass is 415 g/mol. The van der Waals surface area contributed by atoms with Crippen LogP contribution in [0.15, 0.2) is 24.3 Å². The minimum atomic E-state index is -0.499. The van der Waals surface area contributed by atoms with Crippen molar-refractivity contribution in [1.82, 2.24) is 14.9 Å². The summed E-state index contributed by atoms with van der Waals surface area (Å²) < 4.78 is 5.50. The number of piperidine rings is 1. The molecule has 1 aromatic carbocycles. The molecule has 1 aromatic heterocycles. The maximum Gasteiger partial charge on any atom is 0.353 e. The first-order valence-corrected chi connectivity index (χ1v) is 10.0. The number of hydrogen-bond donors (Lipinski definition) is 2. The number of aromatic nitrogens is 2. The molecule has 1 saturated heterocycles. The third kappa shape index (κ3) is 4.70. The van der Waals surface area contributed by atoms with Crippen molar-refractivity contribution in [1.29, 1.82) is 0 Å². The summed E-state index contributed by atoms with van der Waals surface area (Å²) in [6, 6.07) is 7.78. The molecule has 0 radical (unpaired) electrons. The fraction of sp³-hybridized carbons (Fsp3) is 0.500. The van der Waals surface area contributed by atoms with Gasteiger partial charge >= 0.3 is 5.69 Å². The zero-order chi connectivity index (χ0) is 21.7. The number of likely N-dealkylation sites (N-methyl/N-ethyl adjacent to an activating group) is 1. The van der Waals surface area contributed by atoms with Gasteiger partial charge < -0.3 is 25.6 Å². The number of benzene rings is 1. The van der Waals surface area contributed by atoms with Crippen molar-refractivity contribution < 1.29 is 9.66 Å². The molecule has 1 aliphatic heterocycles. The summed E-state index contributed by atoms with van der Waals surface area (Å²) in [4.78, 5) is 23.7. The molecule has 0 amide bonds. The van der Waals surface area contributed by atoms with Gasteiger partial charge in [0.2, 0.25) is 17.6 Å². The topological polar surface area (TPSA) is 123 Å². The van der Waals surface area contributed by atoms with E-state index in [1.165, 1.54) is 0 Å². The first-order valence-electron chi connectivity index (χ1n) is 10.0. The van der Waals surface area contributed by atoms with E-state index in [4.69, 9.17) is 10.5 Å². The molecule has 0 aliphatic carbocycles. The molecule has 0 spiro atoms. The lowest BCUT2D eigenvalue weighted by Crippen LogP contribution is -2.32. The van der Waals surface area contributed by atoms with Crippen LogP contribution in [0, 0.1) is 10.1 Å². The predicted molar refractivity (Wildman–Crippen MR) is 117 cm³/mol. The highest BCUT2D eigenvalue weighted by Gasteiger charge is 2.28. The second kappa shape index (κ2) is 9.57. The van der Waals surface area contributed by atoms with Crippen LogP contribution in [0.1, 0.15) is 30.9 Å². The van der Waals surface area contributed by atoms with E-state index >= 15 is 0 Å². The molecular weight excluding hydrogens is 386 g/mol. The van der Waals surface area contributed by atoms with Crippen molar-refractivity contribution >= 4 is 23.3 Å². The summed E-state index contributed by atoms with van der Waals surface area (Å²) >= 11 is 0. The molecule has 1 atom stereocenters. The van der Waals surface area contributed by atoms with Gasteiger partial charge in [-0.3, -0.25) is 10.1 Å². The van der Waals surface area contributed by atoms with E-state index < -0.39 is 4.92 Å². The number of nitrogens with zero attached hydrogens (tertiary/aromatic N) is 5. The highest BCUT2D eigenvalue weighted by atomic mass is 16.6. The summed E-state index contributed by atoms with van der Waals surface area (Å²) in [5, 5.41) is 14.8. The van der Waals surface area contributed by atoms with Crippen molar-refractivity contribution in [3.63, 3.8) is 0 Å². The maximum atomic E-state index is 11.6. The number of rotatable bonds is 8. The molecule has 30 heavy (non-hydrogen) atoms. The van der Waals surface area contributed by atoms with Crippen LogP contribution in [0.2, 0.25) is 0 Å². The molecule has 0 bridgehead atoms. The highest BCUT2D eigenvalue weighted by Crippen LogP contribution is 2.34. The number of nitrogen functional groups attached to an aromatic ring is 1. The molecule has 162 valence electrons. The fourth-order valence-electron chi connectivity index (χ4n) is 3.74. The molecule has 0 saturated carbocycles. The van der Waals surface area contributed by atoms with Gasteiger partial charge in [0.15, 0.2) is 0 Å². The zero-order valence-electron chi connectivity index (χ0n) is 17.7. The van der Waals surface area contributed by atoms with Crippen molar-refractivity contribution in [2.24, 2.45) is 0 Å². The van der Waals surface area contributed by atoms with Gasteiger partial charge in [0.25, 0.3) is 0 Å². The number of ether oxygens (including phenoxy) is 1. The van der Waals surface area contributed by atoms with Crippen LogP contribution in [0.4, 0.5) is 23.3 Å². The summed E-state index contributed by atoms with van der Waals surface area (Å²) in [6.45, 7) is 1.92. The third-order valence-electron chi connectivity index (χ3n) is 5.31. The van der Waals surface area contributed by atoms with Gasteiger partial charge in [0.05, 0.1) is 18.1 Å². The molecule has 2 heterocycles. The Morgan fingerprint density at radius 1 is 1.27 bits per heavy atom. The van der Waals surface area contributed by atoms with Crippen molar-refractivity contribution in [2.75, 3.05) is 56.8 Å². The van der Waals surface area contributed by atoms with Gasteiger partial charge in [0, 0.05) is 25.2 Å². The van der Waals surface area contributed by atoms with E-state index in [0.29, 0.717) is 6.54 Å². The number of nitrogens with one attached hydrogen (secondary N) is 1. The van der Waals surface area contributed by atoms with Gasteiger partial charge in [-0.05, 0) is 39.4 Å². The standard InChI is InChI=1S/C20H29N7O3/c1-25(2)15(14-9-5-6-10-16(14)30-3)13-22-20-23-18(21)17(27(28)29)19(24-20)26-11-7-4-8-12-26/h5-6,9-10,15H,4,7-8,11-13H2,1-3H3,(H3,21,22,23,24)/t15-/m0/s1. The number of methoxy groups -OCH3 is 1. The van der Waals surface area contributed by atoms with E-state index in [-0.39, 0.29) is 29.3 Å². The van der Waals surface area contributed by atoms with Crippen LogP contribution in [-0.4, -0.2) is 60.6 Å². The van der Waals surface area contributed by atoms with Crippen LogP contribution < -0.4 is 20.7 Å². The van der Waals surface area contributed by atoms with E-state index in [2.05, 4.69) is 20.2 Å². The maximum absolute atomic E-state index is 11.6. The largest absolute Gasteiger partial charge is 0.496 e. The van der Waals surface area contributed by atoms with Crippen LogP contribution in [0.25, 0.3) is 0 Å². The second-order valence-corrected chi connectivity index (χ2v) is 7.51. The normalized spacial score (nSPS) is 15.1. The molecule has 3 N–H and O–H groups in total. The Morgan fingerprint density at radius 2 is 1.97 bits per heavy atom. The molecule has 1 aliphatic rings. The van der Waals surface area contributed by atoms with Crippen molar-refractivity contribution in [3.8, 4) is 5.75 Å². The minimum Gasteiger partial charge on any atom is -0.496 e. The number of para-hydroxylation sites is 1. The van der Waals surface area contributed by atoms with Crippen molar-refractivity contribution in [3.05, 3.63) is 39.9 Å². The second-order valence-electron chi connectivity index (χ2n) is 7.51. The average molecular weight is 415 g/mol. The van der Waals surface area contributed by atoms with Crippen molar-refractivity contribution in [2.45, 2.75) is 25.3 Å². The highest BCUT2D eigenvalue weighted by molar-refractivity contribution is 5.71. The molecule has 10 nitrogen and oxygen atoms in total. The Labute approximate surface area is 176 Å². The third-order valence-corrected chi connectivity index (χ3v) is 5.31. The average Bonchev–Trinajstić information content (AvgIpc) is 2.74. The zero-order valence-corrected chi connectivity index (χ0v) is 17.7. The fourth-order valence-corrected chi connectivity index (χ4v) is 3.74. The number of anilines is 3. The predicted octanol–water partition coefficient (Wildman–Crippen LogP) is 2.68. The first kappa shape index (κ1) is 21.6. The molecule has 3 rings (SSSR count). The van der Waals surface area contributed by atoms with E-state index in [9.17, 15) is 10.1 Å². The SMILES string of the molecule is COc1ccccc1[C@H](CNc1nc(N)c([N+](=O)[O-])c(N2CCCCC2)n1)N(C)C. The lowest BCUT2D eigenvalue weighted by atomic mass is 10.0. The summed E-state index contributed by atoms with van der Waals surface area (Å²) in [6.07, 6.45) is 3.06. The first-order chi connectivity index (χ1) is 14.4. The summed E-state index contributed by atoms with van der Waals surface area (Å²) in [5.74, 6) is 1.22. The Kier molecular flexibility index (Phi) is 6.88. The van der Waals surface area contributed by atoms with E-state index in [1.807, 2.05) is 43.3 Å². The quantitative estimate of drug-likeness (QED) is 0.495. The lowest BCUT2D eigenvalue weighted by Gasteiger charge is -2.28. The molecule has 1 fully saturated rings. The van der Waals surface area contributed by atoms with Gasteiger partial charge in [-0.2, -0.15) is 9.97 Å².